The molecule has 2 aliphatic rings. The molecule has 6 aromatic carbocycles. The van der Waals surface area contributed by atoms with Crippen molar-refractivity contribution in [3.05, 3.63) is 189 Å². The Labute approximate surface area is 373 Å². The molecule has 6 aromatic rings. The fourth-order valence-corrected chi connectivity index (χ4v) is 7.30. The van der Waals surface area contributed by atoms with E-state index in [4.69, 9.17) is 19.5 Å². The van der Waals surface area contributed by atoms with E-state index in [1.165, 1.54) is 51.4 Å². The van der Waals surface area contributed by atoms with Crippen LogP contribution in [0.1, 0.15) is 62.5 Å². The number of halogens is 1. The second-order valence-corrected chi connectivity index (χ2v) is 14.0. The molecule has 0 bridgehead atoms. The summed E-state index contributed by atoms with van der Waals surface area (Å²) in [7, 11) is 0. The fraction of sp³-hybridized carbons (Fsp3) is 0.149. The van der Waals surface area contributed by atoms with Gasteiger partial charge in [-0.1, -0.05) is 149 Å². The van der Waals surface area contributed by atoms with Crippen LogP contribution in [0, 0.1) is 0 Å². The van der Waals surface area contributed by atoms with Crippen molar-refractivity contribution < 1.29 is 73.5 Å². The molecule has 0 radical (unpaired) electrons. The van der Waals surface area contributed by atoms with E-state index in [9.17, 15) is 19.5 Å². The van der Waals surface area contributed by atoms with Crippen LogP contribution in [0.3, 0.4) is 0 Å². The number of hydrogen-bond donors (Lipinski definition) is 2. The molecule has 0 fully saturated rings. The van der Waals surface area contributed by atoms with Crippen molar-refractivity contribution in [1.29, 1.82) is 0 Å². The third-order valence-electron chi connectivity index (χ3n) is 9.39. The Morgan fingerprint density at radius 2 is 1.10 bits per heavy atom. The summed E-state index contributed by atoms with van der Waals surface area (Å²) in [5.74, 6) is -0.000899. The maximum absolute atomic E-state index is 12.2. The SMILES string of the molecule is CC(=O)OCC1c2ccccc2-c2ccccc21.O=C(NCc1cccc(CO)c1)OCC1c2ccccc2-c2ccccc21.O=CO[O-].O=Cc1cccc(Br)c1.[Na+]. The quantitative estimate of drug-likeness (QED) is 0.0651. The van der Waals surface area contributed by atoms with E-state index in [1.807, 2.05) is 84.9 Å². The summed E-state index contributed by atoms with van der Waals surface area (Å²) >= 11 is 3.24. The smallest absolute Gasteiger partial charge is 0.662 e. The first kappa shape index (κ1) is 46.3. The van der Waals surface area contributed by atoms with Gasteiger partial charge >= 0.3 is 41.6 Å². The molecule has 12 heteroatoms. The maximum atomic E-state index is 12.2. The minimum atomic E-state index is -0.439. The maximum Gasteiger partial charge on any atom is 1.00 e. The average molecular weight is 867 g/mol. The number of aliphatic hydroxyl groups excluding tert-OH is 1. The Kier molecular flexibility index (Phi) is 18.7. The minimum absolute atomic E-state index is 0. The number of aliphatic hydroxyl groups is 1. The molecule has 0 aliphatic heterocycles. The van der Waals surface area contributed by atoms with E-state index >= 15 is 0 Å². The molecule has 59 heavy (non-hydrogen) atoms. The number of benzene rings is 6. The van der Waals surface area contributed by atoms with Crippen LogP contribution in [0.25, 0.3) is 22.3 Å². The van der Waals surface area contributed by atoms with Crippen molar-refractivity contribution in [3.63, 3.8) is 0 Å². The number of rotatable bonds is 9. The second kappa shape index (κ2) is 23.9. The van der Waals surface area contributed by atoms with Crippen LogP contribution in [0.15, 0.2) is 150 Å². The van der Waals surface area contributed by atoms with Gasteiger partial charge in [-0.2, -0.15) is 0 Å². The Morgan fingerprint density at radius 3 is 1.51 bits per heavy atom. The number of ether oxygens (including phenoxy) is 2. The Bertz CT molecular complexity index is 2240. The number of carbonyl (C=O) groups is 4. The molecule has 0 heterocycles. The summed E-state index contributed by atoms with van der Waals surface area (Å²) in [6, 6.07) is 47.9. The molecule has 0 aromatic heterocycles. The van der Waals surface area contributed by atoms with Crippen molar-refractivity contribution >= 4 is 40.8 Å². The van der Waals surface area contributed by atoms with Gasteiger partial charge in [0, 0.05) is 35.3 Å². The molecule has 0 saturated heterocycles. The monoisotopic (exact) mass is 865 g/mol. The number of amides is 1. The molecule has 10 nitrogen and oxygen atoms in total. The average Bonchev–Trinajstić information content (AvgIpc) is 3.77. The van der Waals surface area contributed by atoms with E-state index in [-0.39, 0.29) is 60.4 Å². The first-order valence-electron chi connectivity index (χ1n) is 18.3. The van der Waals surface area contributed by atoms with Crippen LogP contribution in [-0.2, 0) is 37.1 Å². The summed E-state index contributed by atoms with van der Waals surface area (Å²) in [5.41, 5.74) is 12.3. The van der Waals surface area contributed by atoms with Crippen LogP contribution in [0.4, 0.5) is 4.79 Å². The van der Waals surface area contributed by atoms with E-state index in [2.05, 4.69) is 74.7 Å². The molecule has 0 saturated carbocycles. The molecule has 2 N–H and O–H groups in total. The number of nitrogens with one attached hydrogen (secondary N) is 1. The standard InChI is InChI=1S/C23H21NO3.C16H14O2.C7H5BrO.CH2O3.Na/c25-14-17-7-5-6-16(12-17)13-24-23(26)27-15-22-20-10-3-1-8-18(20)19-9-2-4-11-21(19)22;1-11(17)18-10-16-14-8-4-2-6-12(14)13-7-3-5-9-15(13)16;8-7-3-1-2-6(4-7)5-9;2-1-4-3;/h1-12,22,25H,13-15H2,(H,24,26);2-9,16H,10H2,1H3;1-5H;1,3H;/q;;;;+1/p-1. The minimum Gasteiger partial charge on any atom is -0.662 e. The molecule has 0 unspecified atom stereocenters. The van der Waals surface area contributed by atoms with Crippen LogP contribution in [-0.4, -0.2) is 43.1 Å². The van der Waals surface area contributed by atoms with Crippen LogP contribution < -0.4 is 40.1 Å². The van der Waals surface area contributed by atoms with Gasteiger partial charge in [-0.3, -0.25) is 14.4 Å². The van der Waals surface area contributed by atoms with Crippen molar-refractivity contribution in [3.8, 4) is 22.3 Å². The largest absolute Gasteiger partial charge is 1.00 e. The van der Waals surface area contributed by atoms with E-state index < -0.39 is 6.09 Å². The van der Waals surface area contributed by atoms with E-state index in [1.54, 1.807) is 12.1 Å². The Hall–Kier alpha value is -5.40. The van der Waals surface area contributed by atoms with Crippen molar-refractivity contribution in [2.24, 2.45) is 0 Å². The molecule has 2 aliphatic carbocycles. The molecule has 296 valence electrons. The van der Waals surface area contributed by atoms with Gasteiger partial charge in [-0.25, -0.2) is 4.79 Å². The molecule has 1 amide bonds. The van der Waals surface area contributed by atoms with E-state index in [0.717, 1.165) is 21.9 Å². The molecule has 8 rings (SSSR count). The number of carbonyl (C=O) groups excluding carboxylic acids is 4. The van der Waals surface area contributed by atoms with Gasteiger partial charge in [0.15, 0.2) is 0 Å². The zero-order chi connectivity index (χ0) is 41.3. The van der Waals surface area contributed by atoms with Crippen LogP contribution in [0.5, 0.6) is 0 Å². The van der Waals surface area contributed by atoms with Crippen molar-refractivity contribution in [2.75, 3.05) is 13.2 Å². The van der Waals surface area contributed by atoms with Gasteiger partial charge in [0.1, 0.15) is 19.5 Å². The van der Waals surface area contributed by atoms with Crippen LogP contribution in [0.2, 0.25) is 0 Å². The predicted octanol–water partition coefficient (Wildman–Crippen LogP) is 5.28. The normalized spacial score (nSPS) is 11.3. The van der Waals surface area contributed by atoms with Crippen LogP contribution >= 0.6 is 15.9 Å². The number of aldehydes is 1. The van der Waals surface area contributed by atoms with Gasteiger partial charge in [-0.15, -0.1) is 0 Å². The number of hydrogen-bond acceptors (Lipinski definition) is 9. The first-order chi connectivity index (χ1) is 28.3. The Balaban J connectivity index is 0.000000206. The zero-order valence-corrected chi connectivity index (χ0v) is 36.2. The molecular weight excluding hydrogens is 825 g/mol. The van der Waals surface area contributed by atoms with Crippen molar-refractivity contribution in [2.45, 2.75) is 31.9 Å². The number of alkyl carbamates (subject to hydrolysis) is 1. The summed E-state index contributed by atoms with van der Waals surface area (Å²) in [4.78, 5) is 44.6. The Morgan fingerprint density at radius 1 is 0.661 bits per heavy atom. The number of esters is 1. The summed E-state index contributed by atoms with van der Waals surface area (Å²) in [6.45, 7) is 2.34. The first-order valence-corrected chi connectivity index (χ1v) is 19.1. The topological polar surface area (TPSA) is 151 Å². The van der Waals surface area contributed by atoms with Gasteiger partial charge in [0.05, 0.1) is 6.61 Å². The summed E-state index contributed by atoms with van der Waals surface area (Å²) in [6.07, 6.45) is 0.386. The third-order valence-corrected chi connectivity index (χ3v) is 9.89. The zero-order valence-electron chi connectivity index (χ0n) is 32.6. The fourth-order valence-electron chi connectivity index (χ4n) is 6.88. The van der Waals surface area contributed by atoms with Gasteiger partial charge in [-0.05, 0) is 67.8 Å². The van der Waals surface area contributed by atoms with Gasteiger partial charge in [0.2, 0.25) is 0 Å². The third kappa shape index (κ3) is 12.8. The number of fused-ring (bicyclic) bond motifs is 6. The second-order valence-electron chi connectivity index (χ2n) is 13.1. The molecule has 0 atom stereocenters. The molecular formula is C47H41BrNNaO9. The molecule has 0 spiro atoms. The predicted molar refractivity (Wildman–Crippen MR) is 221 cm³/mol. The summed E-state index contributed by atoms with van der Waals surface area (Å²) in [5, 5.41) is 20.4. The van der Waals surface area contributed by atoms with Gasteiger partial charge in [0.25, 0.3) is 6.47 Å². The van der Waals surface area contributed by atoms with Crippen molar-refractivity contribution in [1.82, 2.24) is 5.32 Å². The van der Waals surface area contributed by atoms with Gasteiger partial charge < -0.3 is 30.0 Å². The van der Waals surface area contributed by atoms with E-state index in [0.29, 0.717) is 25.3 Å². The summed E-state index contributed by atoms with van der Waals surface area (Å²) < 4.78 is 11.7.